The number of benzene rings is 2. The van der Waals surface area contributed by atoms with E-state index in [0.717, 1.165) is 41.4 Å². The van der Waals surface area contributed by atoms with Crippen LogP contribution < -0.4 is 10.2 Å². The first-order chi connectivity index (χ1) is 14.9. The molecule has 1 N–H and O–H groups in total. The highest BCUT2D eigenvalue weighted by molar-refractivity contribution is 6.36. The second-order valence-corrected chi connectivity index (χ2v) is 8.75. The Kier molecular flexibility index (Phi) is 5.86. The Morgan fingerprint density at radius 2 is 1.61 bits per heavy atom. The second-order valence-electron chi connectivity index (χ2n) is 8.75. The van der Waals surface area contributed by atoms with Gasteiger partial charge in [-0.2, -0.15) is 0 Å². The number of amides is 2. The number of piperidine rings is 1. The standard InChI is InChI=1S/C26H31N3O2/c1-5-29-25(30)23(20-7-6-18(3)19(4)16-20)24(26(29)31)27-21-8-10-22(11-9-21)28-14-12-17(2)13-15-28/h6-11,16-17,27H,5,12-15H2,1-4H3. The van der Waals surface area contributed by atoms with Crippen LogP contribution in [0, 0.1) is 19.8 Å². The molecule has 5 heteroatoms. The summed E-state index contributed by atoms with van der Waals surface area (Å²) in [6, 6.07) is 14.1. The SMILES string of the molecule is CCN1C(=O)C(Nc2ccc(N3CCC(C)CC3)cc2)=C(c2ccc(C)c(C)c2)C1=O. The van der Waals surface area contributed by atoms with Crippen molar-refractivity contribution in [2.24, 2.45) is 5.92 Å². The topological polar surface area (TPSA) is 52.7 Å². The van der Waals surface area contributed by atoms with Crippen LogP contribution in [0.3, 0.4) is 0 Å². The van der Waals surface area contributed by atoms with Crippen LogP contribution in [0.4, 0.5) is 11.4 Å². The molecule has 0 saturated carbocycles. The zero-order valence-electron chi connectivity index (χ0n) is 18.9. The van der Waals surface area contributed by atoms with Crippen molar-refractivity contribution in [1.29, 1.82) is 0 Å². The van der Waals surface area contributed by atoms with Crippen LogP contribution in [0.25, 0.3) is 5.57 Å². The van der Waals surface area contributed by atoms with Gasteiger partial charge < -0.3 is 10.2 Å². The monoisotopic (exact) mass is 417 g/mol. The maximum Gasteiger partial charge on any atom is 0.278 e. The molecule has 2 aromatic rings. The van der Waals surface area contributed by atoms with Crippen molar-refractivity contribution in [3.8, 4) is 0 Å². The number of carbonyl (C=O) groups excluding carboxylic acids is 2. The summed E-state index contributed by atoms with van der Waals surface area (Å²) in [5.74, 6) is 0.285. The number of aryl methyl sites for hydroxylation is 2. The van der Waals surface area contributed by atoms with E-state index < -0.39 is 0 Å². The third-order valence-corrected chi connectivity index (χ3v) is 6.57. The lowest BCUT2D eigenvalue weighted by molar-refractivity contribution is -0.136. The zero-order chi connectivity index (χ0) is 22.1. The molecule has 5 nitrogen and oxygen atoms in total. The zero-order valence-corrected chi connectivity index (χ0v) is 18.9. The Balaban J connectivity index is 1.63. The minimum atomic E-state index is -0.269. The lowest BCUT2D eigenvalue weighted by atomic mass is 9.99. The molecular formula is C26H31N3O2. The smallest absolute Gasteiger partial charge is 0.278 e. The quantitative estimate of drug-likeness (QED) is 0.713. The summed E-state index contributed by atoms with van der Waals surface area (Å²) in [6.07, 6.45) is 2.44. The minimum Gasteiger partial charge on any atom is -0.372 e. The number of rotatable bonds is 5. The summed E-state index contributed by atoms with van der Waals surface area (Å²) in [5, 5.41) is 3.25. The predicted octanol–water partition coefficient (Wildman–Crippen LogP) is 4.75. The van der Waals surface area contributed by atoms with Crippen molar-refractivity contribution in [3.63, 3.8) is 0 Å². The maximum atomic E-state index is 13.0. The molecular weight excluding hydrogens is 386 g/mol. The number of imide groups is 1. The van der Waals surface area contributed by atoms with E-state index in [1.807, 2.05) is 51.1 Å². The van der Waals surface area contributed by atoms with Crippen LogP contribution in [-0.2, 0) is 9.59 Å². The van der Waals surface area contributed by atoms with E-state index in [4.69, 9.17) is 0 Å². The Morgan fingerprint density at radius 1 is 0.935 bits per heavy atom. The molecule has 2 aliphatic rings. The molecule has 0 aliphatic carbocycles. The number of nitrogens with one attached hydrogen (secondary N) is 1. The van der Waals surface area contributed by atoms with Crippen LogP contribution in [0.2, 0.25) is 0 Å². The molecule has 0 spiro atoms. The largest absolute Gasteiger partial charge is 0.372 e. The number of hydrogen-bond donors (Lipinski definition) is 1. The maximum absolute atomic E-state index is 13.0. The molecule has 0 radical (unpaired) electrons. The Hall–Kier alpha value is -3.08. The van der Waals surface area contributed by atoms with Crippen molar-refractivity contribution in [3.05, 3.63) is 64.9 Å². The number of carbonyl (C=O) groups is 2. The Morgan fingerprint density at radius 3 is 2.23 bits per heavy atom. The average molecular weight is 418 g/mol. The fraction of sp³-hybridized carbons (Fsp3) is 0.385. The minimum absolute atomic E-state index is 0.239. The van der Waals surface area contributed by atoms with Gasteiger partial charge in [-0.05, 0) is 80.5 Å². The molecule has 1 saturated heterocycles. The molecule has 2 heterocycles. The molecule has 4 rings (SSSR count). The third-order valence-electron chi connectivity index (χ3n) is 6.57. The molecule has 0 aromatic heterocycles. The Labute approximate surface area is 184 Å². The molecule has 0 bridgehead atoms. The molecule has 2 aromatic carbocycles. The lowest BCUT2D eigenvalue weighted by Gasteiger charge is -2.32. The first-order valence-corrected chi connectivity index (χ1v) is 11.2. The Bertz CT molecular complexity index is 1030. The van der Waals surface area contributed by atoms with Crippen molar-refractivity contribution < 1.29 is 9.59 Å². The van der Waals surface area contributed by atoms with Gasteiger partial charge in [-0.15, -0.1) is 0 Å². The van der Waals surface area contributed by atoms with E-state index in [2.05, 4.69) is 29.3 Å². The van der Waals surface area contributed by atoms with Gasteiger partial charge in [-0.25, -0.2) is 0 Å². The highest BCUT2D eigenvalue weighted by atomic mass is 16.2. The summed E-state index contributed by atoms with van der Waals surface area (Å²) in [4.78, 5) is 29.8. The van der Waals surface area contributed by atoms with Crippen LogP contribution in [0.1, 0.15) is 43.4 Å². The van der Waals surface area contributed by atoms with Gasteiger partial charge in [-0.1, -0.05) is 25.1 Å². The lowest BCUT2D eigenvalue weighted by Crippen LogP contribution is -2.32. The van der Waals surface area contributed by atoms with Crippen LogP contribution in [0.15, 0.2) is 48.2 Å². The number of nitrogens with zero attached hydrogens (tertiary/aromatic N) is 2. The van der Waals surface area contributed by atoms with Gasteiger partial charge in [0.1, 0.15) is 5.70 Å². The highest BCUT2D eigenvalue weighted by Gasteiger charge is 2.38. The van der Waals surface area contributed by atoms with E-state index in [1.165, 1.54) is 23.4 Å². The van der Waals surface area contributed by atoms with Crippen molar-refractivity contribution in [2.45, 2.75) is 40.5 Å². The fourth-order valence-electron chi connectivity index (χ4n) is 4.31. The van der Waals surface area contributed by atoms with E-state index in [0.29, 0.717) is 17.8 Å². The molecule has 162 valence electrons. The molecule has 2 amide bonds. The summed E-state index contributed by atoms with van der Waals surface area (Å²) in [5.41, 5.74) is 5.84. The second kappa shape index (κ2) is 8.58. The van der Waals surface area contributed by atoms with Gasteiger partial charge in [-0.3, -0.25) is 14.5 Å². The van der Waals surface area contributed by atoms with E-state index in [9.17, 15) is 9.59 Å². The molecule has 1 fully saturated rings. The van der Waals surface area contributed by atoms with E-state index in [1.54, 1.807) is 0 Å². The first-order valence-electron chi connectivity index (χ1n) is 11.2. The number of anilines is 2. The number of likely N-dealkylation sites (N-methyl/N-ethyl adjacent to an activating group) is 1. The molecule has 31 heavy (non-hydrogen) atoms. The van der Waals surface area contributed by atoms with Crippen molar-refractivity contribution in [2.75, 3.05) is 29.9 Å². The van der Waals surface area contributed by atoms with Gasteiger partial charge in [0, 0.05) is 31.0 Å². The van der Waals surface area contributed by atoms with E-state index >= 15 is 0 Å². The average Bonchev–Trinajstić information content (AvgIpc) is 3.00. The van der Waals surface area contributed by atoms with Gasteiger partial charge in [0.15, 0.2) is 0 Å². The summed E-state index contributed by atoms with van der Waals surface area (Å²) in [6.45, 7) is 10.7. The highest BCUT2D eigenvalue weighted by Crippen LogP contribution is 2.32. The summed E-state index contributed by atoms with van der Waals surface area (Å²) >= 11 is 0. The van der Waals surface area contributed by atoms with Gasteiger partial charge in [0.2, 0.25) is 0 Å². The van der Waals surface area contributed by atoms with E-state index in [-0.39, 0.29) is 11.8 Å². The third kappa shape index (κ3) is 4.09. The van der Waals surface area contributed by atoms with Crippen molar-refractivity contribution >= 4 is 28.8 Å². The molecule has 0 atom stereocenters. The number of hydrogen-bond acceptors (Lipinski definition) is 4. The fourth-order valence-corrected chi connectivity index (χ4v) is 4.31. The molecule has 2 aliphatic heterocycles. The first kappa shape index (κ1) is 21.2. The van der Waals surface area contributed by atoms with Gasteiger partial charge in [0.05, 0.1) is 5.57 Å². The predicted molar refractivity (Wildman–Crippen MR) is 126 cm³/mol. The summed E-state index contributed by atoms with van der Waals surface area (Å²) < 4.78 is 0. The van der Waals surface area contributed by atoms with Gasteiger partial charge in [0.25, 0.3) is 11.8 Å². The van der Waals surface area contributed by atoms with Crippen LogP contribution in [0.5, 0.6) is 0 Å². The molecule has 0 unspecified atom stereocenters. The van der Waals surface area contributed by atoms with Gasteiger partial charge >= 0.3 is 0 Å². The van der Waals surface area contributed by atoms with Crippen LogP contribution in [-0.4, -0.2) is 36.3 Å². The van der Waals surface area contributed by atoms with Crippen molar-refractivity contribution in [1.82, 2.24) is 4.90 Å². The summed E-state index contributed by atoms with van der Waals surface area (Å²) in [7, 11) is 0. The normalized spacial score (nSPS) is 17.7. The van der Waals surface area contributed by atoms with Crippen LogP contribution >= 0.6 is 0 Å².